The van der Waals surface area contributed by atoms with E-state index in [4.69, 9.17) is 0 Å². The predicted octanol–water partition coefficient (Wildman–Crippen LogP) is 4.12. The van der Waals surface area contributed by atoms with Gasteiger partial charge >= 0.3 is 6.03 Å². The Kier molecular flexibility index (Phi) is 5.54. The molecule has 9 heteroatoms. The Morgan fingerprint density at radius 3 is 2.44 bits per heavy atom. The number of nitrogens with zero attached hydrogens (tertiary/aromatic N) is 2. The van der Waals surface area contributed by atoms with Crippen LogP contribution >= 0.6 is 11.8 Å². The Morgan fingerprint density at radius 2 is 1.71 bits per heavy atom. The van der Waals surface area contributed by atoms with Crippen molar-refractivity contribution in [2.45, 2.75) is 22.5 Å². The Bertz CT molecular complexity index is 1350. The van der Waals surface area contributed by atoms with Gasteiger partial charge in [0, 0.05) is 10.6 Å². The molecule has 1 aliphatic heterocycles. The number of aromatic nitrogens is 2. The van der Waals surface area contributed by atoms with Gasteiger partial charge < -0.3 is 15.6 Å². The van der Waals surface area contributed by atoms with Gasteiger partial charge in [-0.1, -0.05) is 54.2 Å². The van der Waals surface area contributed by atoms with E-state index >= 15 is 0 Å². The zero-order valence-corrected chi connectivity index (χ0v) is 19.1. The molecule has 4 amide bonds. The van der Waals surface area contributed by atoms with Gasteiger partial charge in [0.25, 0.3) is 5.91 Å². The maximum atomic E-state index is 13.0. The molecule has 0 spiro atoms. The van der Waals surface area contributed by atoms with E-state index in [9.17, 15) is 14.4 Å². The minimum Gasteiger partial charge on any atom is -0.333 e. The number of nitrogens with one attached hydrogen (secondary N) is 3. The molecule has 170 valence electrons. The zero-order chi connectivity index (χ0) is 23.7. The molecule has 4 aromatic rings. The number of H-pyrrole nitrogens is 1. The molecule has 3 N–H and O–H groups in total. The van der Waals surface area contributed by atoms with E-state index in [0.717, 1.165) is 26.0 Å². The second-order valence-corrected chi connectivity index (χ2v) is 9.11. The summed E-state index contributed by atoms with van der Waals surface area (Å²) in [5, 5.41) is 6.22. The number of anilines is 1. The maximum Gasteiger partial charge on any atom is 0.325 e. The fraction of sp³-hybridized carbons (Fsp3) is 0.120. The van der Waals surface area contributed by atoms with Gasteiger partial charge in [0.05, 0.1) is 11.0 Å². The third-order valence-electron chi connectivity index (χ3n) is 5.65. The smallest absolute Gasteiger partial charge is 0.325 e. The van der Waals surface area contributed by atoms with E-state index in [2.05, 4.69) is 20.6 Å². The van der Waals surface area contributed by atoms with Crippen LogP contribution in [0.4, 0.5) is 10.5 Å². The summed E-state index contributed by atoms with van der Waals surface area (Å²) in [7, 11) is 0. The highest BCUT2D eigenvalue weighted by Crippen LogP contribution is 2.29. The number of aromatic amines is 1. The van der Waals surface area contributed by atoms with Gasteiger partial charge in [-0.3, -0.25) is 14.5 Å². The topological polar surface area (TPSA) is 107 Å². The quantitative estimate of drug-likeness (QED) is 0.367. The molecule has 1 saturated heterocycles. The molecule has 1 atom stereocenters. The number of fused-ring (bicyclic) bond motifs is 1. The molecular formula is C25H21N5O3S. The van der Waals surface area contributed by atoms with Crippen molar-refractivity contribution in [2.75, 3.05) is 11.9 Å². The van der Waals surface area contributed by atoms with Gasteiger partial charge in [-0.25, -0.2) is 9.78 Å². The number of benzene rings is 3. The molecule has 34 heavy (non-hydrogen) atoms. The zero-order valence-electron chi connectivity index (χ0n) is 18.2. The lowest BCUT2D eigenvalue weighted by atomic mass is 9.92. The molecule has 1 aliphatic rings. The summed E-state index contributed by atoms with van der Waals surface area (Å²) in [5.74, 6) is -0.921. The van der Waals surface area contributed by atoms with Crippen LogP contribution < -0.4 is 10.6 Å². The van der Waals surface area contributed by atoms with Crippen LogP contribution in [-0.2, 0) is 15.1 Å². The molecule has 3 aromatic carbocycles. The van der Waals surface area contributed by atoms with E-state index in [-0.39, 0.29) is 6.54 Å². The first-order valence-corrected chi connectivity index (χ1v) is 11.5. The average molecular weight is 472 g/mol. The van der Waals surface area contributed by atoms with Crippen molar-refractivity contribution in [3.63, 3.8) is 0 Å². The van der Waals surface area contributed by atoms with Gasteiger partial charge in [0.2, 0.25) is 5.91 Å². The summed E-state index contributed by atoms with van der Waals surface area (Å²) in [6.45, 7) is 1.27. The number of para-hydroxylation sites is 2. The Labute approximate surface area is 199 Å². The number of urea groups is 1. The Balaban J connectivity index is 1.21. The van der Waals surface area contributed by atoms with Gasteiger partial charge in [0.15, 0.2) is 5.16 Å². The van der Waals surface area contributed by atoms with Crippen molar-refractivity contribution in [2.24, 2.45) is 0 Å². The number of imidazole rings is 1. The standard InChI is InChI=1S/C25H21N5O3S/c1-25(16-7-3-2-4-8-16)22(32)30(24(33)29-25)15-21(31)26-17-11-13-18(14-12-17)34-23-27-19-9-5-6-10-20(19)28-23/h2-14H,15H2,1H3,(H,26,31)(H,27,28)(H,29,33)/t25-/m0/s1. The van der Waals surface area contributed by atoms with Crippen molar-refractivity contribution in [1.82, 2.24) is 20.2 Å². The highest BCUT2D eigenvalue weighted by atomic mass is 32.2. The monoisotopic (exact) mass is 471 g/mol. The van der Waals surface area contributed by atoms with Crippen molar-refractivity contribution in [3.05, 3.63) is 84.4 Å². The molecule has 8 nitrogen and oxygen atoms in total. The lowest BCUT2D eigenvalue weighted by molar-refractivity contribution is -0.133. The maximum absolute atomic E-state index is 13.0. The van der Waals surface area contributed by atoms with E-state index in [1.807, 2.05) is 42.5 Å². The Morgan fingerprint density at radius 1 is 1.00 bits per heavy atom. The normalized spacial score (nSPS) is 17.7. The highest BCUT2D eigenvalue weighted by Gasteiger charge is 2.49. The van der Waals surface area contributed by atoms with Crippen LogP contribution in [0.2, 0.25) is 0 Å². The first-order valence-electron chi connectivity index (χ1n) is 10.6. The predicted molar refractivity (Wildman–Crippen MR) is 129 cm³/mol. The van der Waals surface area contributed by atoms with Crippen molar-refractivity contribution < 1.29 is 14.4 Å². The van der Waals surface area contributed by atoms with Crippen LogP contribution in [0, 0.1) is 0 Å². The second kappa shape index (κ2) is 8.68. The fourth-order valence-electron chi connectivity index (χ4n) is 3.85. The van der Waals surface area contributed by atoms with E-state index in [0.29, 0.717) is 11.3 Å². The van der Waals surface area contributed by atoms with Crippen molar-refractivity contribution >= 4 is 46.3 Å². The van der Waals surface area contributed by atoms with Crippen LogP contribution in [0.5, 0.6) is 0 Å². The van der Waals surface area contributed by atoms with E-state index < -0.39 is 23.4 Å². The van der Waals surface area contributed by atoms with Crippen LogP contribution in [0.25, 0.3) is 11.0 Å². The molecule has 5 rings (SSSR count). The first kappa shape index (κ1) is 21.7. The van der Waals surface area contributed by atoms with Crippen molar-refractivity contribution in [1.29, 1.82) is 0 Å². The number of carbonyl (C=O) groups excluding carboxylic acids is 3. The highest BCUT2D eigenvalue weighted by molar-refractivity contribution is 7.99. The number of imide groups is 1. The van der Waals surface area contributed by atoms with Crippen LogP contribution in [0.3, 0.4) is 0 Å². The van der Waals surface area contributed by atoms with Gasteiger partial charge in [-0.05, 0) is 48.9 Å². The number of hydrogen-bond donors (Lipinski definition) is 3. The number of hydrogen-bond acceptors (Lipinski definition) is 5. The largest absolute Gasteiger partial charge is 0.333 e. The average Bonchev–Trinajstić information content (AvgIpc) is 3.34. The molecule has 0 radical (unpaired) electrons. The van der Waals surface area contributed by atoms with Crippen LogP contribution in [-0.4, -0.2) is 39.3 Å². The molecule has 1 fully saturated rings. The Hall–Kier alpha value is -4.11. The summed E-state index contributed by atoms with van der Waals surface area (Å²) in [4.78, 5) is 47.7. The summed E-state index contributed by atoms with van der Waals surface area (Å²) in [6, 6.07) is 23.5. The molecular weight excluding hydrogens is 450 g/mol. The lowest BCUT2D eigenvalue weighted by Gasteiger charge is -2.22. The lowest BCUT2D eigenvalue weighted by Crippen LogP contribution is -2.42. The molecule has 0 saturated carbocycles. The third-order valence-corrected chi connectivity index (χ3v) is 6.54. The molecule has 2 heterocycles. The number of carbonyl (C=O) groups is 3. The van der Waals surface area contributed by atoms with Crippen molar-refractivity contribution in [3.8, 4) is 0 Å². The summed E-state index contributed by atoms with van der Waals surface area (Å²) < 4.78 is 0. The number of rotatable bonds is 6. The summed E-state index contributed by atoms with van der Waals surface area (Å²) >= 11 is 1.48. The summed E-state index contributed by atoms with van der Waals surface area (Å²) in [6.07, 6.45) is 0. The molecule has 0 bridgehead atoms. The SMILES string of the molecule is C[C@@]1(c2ccccc2)NC(=O)N(CC(=O)Nc2ccc(Sc3nc4ccccc4[nH]3)cc2)C1=O. The molecule has 0 unspecified atom stereocenters. The molecule has 0 aliphatic carbocycles. The summed E-state index contributed by atoms with van der Waals surface area (Å²) in [5.41, 5.74) is 1.90. The van der Waals surface area contributed by atoms with Gasteiger partial charge in [-0.15, -0.1) is 0 Å². The third kappa shape index (κ3) is 4.13. The van der Waals surface area contributed by atoms with Gasteiger partial charge in [0.1, 0.15) is 12.1 Å². The van der Waals surface area contributed by atoms with Crippen LogP contribution in [0.1, 0.15) is 12.5 Å². The second-order valence-electron chi connectivity index (χ2n) is 8.05. The number of amides is 4. The minimum atomic E-state index is -1.20. The first-order chi connectivity index (χ1) is 16.4. The van der Waals surface area contributed by atoms with Gasteiger partial charge in [-0.2, -0.15) is 0 Å². The minimum absolute atomic E-state index is 0.372. The molecule has 1 aromatic heterocycles. The van der Waals surface area contributed by atoms with E-state index in [1.54, 1.807) is 43.3 Å². The fourth-order valence-corrected chi connectivity index (χ4v) is 4.65. The van der Waals surface area contributed by atoms with Crippen LogP contribution in [0.15, 0.2) is 88.9 Å². The van der Waals surface area contributed by atoms with E-state index in [1.165, 1.54) is 11.8 Å².